The Morgan fingerprint density at radius 3 is 2.53 bits per heavy atom. The lowest BCUT2D eigenvalue weighted by atomic mass is 10.0. The molecular weight excluding hydrogens is 188 g/mol. The van der Waals surface area contributed by atoms with Crippen molar-refractivity contribution >= 4 is 5.97 Å². The highest BCUT2D eigenvalue weighted by Gasteiger charge is 2.09. The minimum Gasteiger partial charge on any atom is -0.463 e. The summed E-state index contributed by atoms with van der Waals surface area (Å²) in [5.74, 6) is 0.355. The summed E-state index contributed by atoms with van der Waals surface area (Å²) < 4.78 is 5.23. The van der Waals surface area contributed by atoms with Gasteiger partial charge in [0.2, 0.25) is 0 Å². The molecule has 0 aliphatic rings. The molecule has 0 aromatic carbocycles. The van der Waals surface area contributed by atoms with E-state index in [0.717, 1.165) is 12.8 Å². The second-order valence-corrected chi connectivity index (χ2v) is 3.92. The van der Waals surface area contributed by atoms with Gasteiger partial charge < -0.3 is 4.74 Å². The third-order valence-electron chi connectivity index (χ3n) is 2.32. The van der Waals surface area contributed by atoms with Crippen LogP contribution in [-0.4, -0.2) is 12.1 Å². The molecule has 0 rings (SSSR count). The number of carbonyl (C=O) groups is 1. The van der Waals surface area contributed by atoms with E-state index in [9.17, 15) is 4.79 Å². The Morgan fingerprint density at radius 2 is 2.00 bits per heavy atom. The van der Waals surface area contributed by atoms with Crippen molar-refractivity contribution in [2.75, 3.05) is 0 Å². The molecule has 0 aliphatic carbocycles. The van der Waals surface area contributed by atoms with Crippen LogP contribution in [0.2, 0.25) is 0 Å². The van der Waals surface area contributed by atoms with Gasteiger partial charge in [0.05, 0.1) is 6.10 Å². The van der Waals surface area contributed by atoms with Gasteiger partial charge in [-0.1, -0.05) is 19.1 Å². The summed E-state index contributed by atoms with van der Waals surface area (Å²) in [6, 6.07) is 0. The van der Waals surface area contributed by atoms with E-state index in [1.165, 1.54) is 0 Å². The molecule has 0 aromatic heterocycles. The van der Waals surface area contributed by atoms with Crippen LogP contribution in [0.4, 0.5) is 0 Å². The minimum absolute atomic E-state index is 0.00437. The summed E-state index contributed by atoms with van der Waals surface area (Å²) >= 11 is 0. The molecule has 2 heteroatoms. The van der Waals surface area contributed by atoms with Crippen LogP contribution >= 0.6 is 0 Å². The molecule has 0 aliphatic heterocycles. The quantitative estimate of drug-likeness (QED) is 0.453. The van der Waals surface area contributed by atoms with Gasteiger partial charge in [0.25, 0.3) is 0 Å². The first kappa shape index (κ1) is 13.9. The first-order chi connectivity index (χ1) is 7.10. The zero-order valence-corrected chi connectivity index (χ0v) is 9.87. The van der Waals surface area contributed by atoms with E-state index >= 15 is 0 Å². The van der Waals surface area contributed by atoms with Crippen molar-refractivity contribution in [3.63, 3.8) is 0 Å². The SMILES string of the molecule is C=CCCC(=O)OC(C)CCC(C)C=C. The van der Waals surface area contributed by atoms with Crippen molar-refractivity contribution < 1.29 is 9.53 Å². The highest BCUT2D eigenvalue weighted by molar-refractivity contribution is 5.69. The maximum atomic E-state index is 11.2. The van der Waals surface area contributed by atoms with E-state index in [-0.39, 0.29) is 12.1 Å². The minimum atomic E-state index is -0.131. The Balaban J connectivity index is 3.63. The van der Waals surface area contributed by atoms with Crippen molar-refractivity contribution in [1.82, 2.24) is 0 Å². The molecule has 2 nitrogen and oxygen atoms in total. The van der Waals surface area contributed by atoms with Crippen LogP contribution in [0, 0.1) is 5.92 Å². The highest BCUT2D eigenvalue weighted by Crippen LogP contribution is 2.11. The summed E-state index contributed by atoms with van der Waals surface area (Å²) in [6.45, 7) is 11.3. The summed E-state index contributed by atoms with van der Waals surface area (Å²) in [5.41, 5.74) is 0. The van der Waals surface area contributed by atoms with E-state index in [1.54, 1.807) is 6.08 Å². The molecule has 0 radical (unpaired) electrons. The van der Waals surface area contributed by atoms with Gasteiger partial charge in [0.15, 0.2) is 0 Å². The Kier molecular flexibility index (Phi) is 7.69. The lowest BCUT2D eigenvalue weighted by Gasteiger charge is -2.14. The molecule has 0 saturated heterocycles. The van der Waals surface area contributed by atoms with Gasteiger partial charge in [0.1, 0.15) is 0 Å². The average molecular weight is 210 g/mol. The average Bonchev–Trinajstić information content (AvgIpc) is 2.22. The van der Waals surface area contributed by atoms with Crippen molar-refractivity contribution in [2.45, 2.75) is 45.6 Å². The Labute approximate surface area is 93.0 Å². The zero-order valence-electron chi connectivity index (χ0n) is 9.87. The lowest BCUT2D eigenvalue weighted by Crippen LogP contribution is -2.15. The lowest BCUT2D eigenvalue weighted by molar-refractivity contribution is -0.148. The largest absolute Gasteiger partial charge is 0.463 e. The summed E-state index contributed by atoms with van der Waals surface area (Å²) in [5, 5.41) is 0. The van der Waals surface area contributed by atoms with Crippen molar-refractivity contribution in [1.29, 1.82) is 0 Å². The molecule has 0 aromatic rings. The number of allylic oxidation sites excluding steroid dienone is 2. The molecule has 86 valence electrons. The molecule has 0 spiro atoms. The Morgan fingerprint density at radius 1 is 1.33 bits per heavy atom. The maximum Gasteiger partial charge on any atom is 0.306 e. The van der Waals surface area contributed by atoms with Gasteiger partial charge in [-0.2, -0.15) is 0 Å². The number of hydrogen-bond acceptors (Lipinski definition) is 2. The molecule has 2 atom stereocenters. The topological polar surface area (TPSA) is 26.3 Å². The fourth-order valence-corrected chi connectivity index (χ4v) is 1.18. The maximum absolute atomic E-state index is 11.2. The Bertz CT molecular complexity index is 209. The molecule has 0 bridgehead atoms. The number of ether oxygens (including phenoxy) is 1. The van der Waals surface area contributed by atoms with E-state index in [2.05, 4.69) is 20.1 Å². The zero-order chi connectivity index (χ0) is 11.7. The van der Waals surface area contributed by atoms with Crippen LogP contribution in [0.5, 0.6) is 0 Å². The standard InChI is InChI=1S/C13H22O2/c1-5-7-8-13(14)15-12(4)10-9-11(3)6-2/h5-6,11-12H,1-2,7-10H2,3-4H3. The Hall–Kier alpha value is -1.05. The summed E-state index contributed by atoms with van der Waals surface area (Å²) in [6.07, 6.45) is 6.69. The number of rotatable bonds is 8. The third kappa shape index (κ3) is 7.98. The van der Waals surface area contributed by atoms with Crippen molar-refractivity contribution in [2.24, 2.45) is 5.92 Å². The van der Waals surface area contributed by atoms with Crippen LogP contribution in [0.3, 0.4) is 0 Å². The summed E-state index contributed by atoms with van der Waals surface area (Å²) in [4.78, 5) is 11.2. The fourth-order valence-electron chi connectivity index (χ4n) is 1.18. The van der Waals surface area contributed by atoms with Crippen LogP contribution in [0.25, 0.3) is 0 Å². The van der Waals surface area contributed by atoms with E-state index in [1.807, 2.05) is 13.0 Å². The van der Waals surface area contributed by atoms with Crippen LogP contribution < -0.4 is 0 Å². The van der Waals surface area contributed by atoms with Gasteiger partial charge in [-0.15, -0.1) is 13.2 Å². The molecular formula is C13H22O2. The molecule has 2 unspecified atom stereocenters. The monoisotopic (exact) mass is 210 g/mol. The fraction of sp³-hybridized carbons (Fsp3) is 0.615. The third-order valence-corrected chi connectivity index (χ3v) is 2.32. The first-order valence-corrected chi connectivity index (χ1v) is 5.53. The predicted molar refractivity (Wildman–Crippen MR) is 63.6 cm³/mol. The molecule has 0 heterocycles. The van der Waals surface area contributed by atoms with Crippen molar-refractivity contribution in [3.05, 3.63) is 25.3 Å². The van der Waals surface area contributed by atoms with E-state index in [0.29, 0.717) is 18.8 Å². The number of esters is 1. The normalized spacial score (nSPS) is 14.0. The molecule has 0 fully saturated rings. The van der Waals surface area contributed by atoms with Crippen LogP contribution in [0.1, 0.15) is 39.5 Å². The molecule has 0 amide bonds. The predicted octanol–water partition coefficient (Wildman–Crippen LogP) is 3.49. The second kappa shape index (κ2) is 8.27. The highest BCUT2D eigenvalue weighted by atomic mass is 16.5. The first-order valence-electron chi connectivity index (χ1n) is 5.53. The van der Waals surface area contributed by atoms with Gasteiger partial charge in [0, 0.05) is 6.42 Å². The van der Waals surface area contributed by atoms with Gasteiger partial charge in [-0.25, -0.2) is 0 Å². The van der Waals surface area contributed by atoms with E-state index in [4.69, 9.17) is 4.74 Å². The number of carbonyl (C=O) groups excluding carboxylic acids is 1. The summed E-state index contributed by atoms with van der Waals surface area (Å²) in [7, 11) is 0. The van der Waals surface area contributed by atoms with Crippen LogP contribution in [0.15, 0.2) is 25.3 Å². The molecule has 15 heavy (non-hydrogen) atoms. The van der Waals surface area contributed by atoms with E-state index < -0.39 is 0 Å². The van der Waals surface area contributed by atoms with Gasteiger partial charge >= 0.3 is 5.97 Å². The smallest absolute Gasteiger partial charge is 0.306 e. The van der Waals surface area contributed by atoms with Crippen LogP contribution in [-0.2, 0) is 9.53 Å². The van der Waals surface area contributed by atoms with Gasteiger partial charge in [-0.3, -0.25) is 4.79 Å². The molecule has 0 N–H and O–H groups in total. The van der Waals surface area contributed by atoms with Gasteiger partial charge in [-0.05, 0) is 32.1 Å². The number of hydrogen-bond donors (Lipinski definition) is 0. The molecule has 0 saturated carbocycles. The second-order valence-electron chi connectivity index (χ2n) is 3.92. The van der Waals surface area contributed by atoms with Crippen molar-refractivity contribution in [3.8, 4) is 0 Å².